The monoisotopic (exact) mass is 321 g/mol. The summed E-state index contributed by atoms with van der Waals surface area (Å²) in [7, 11) is 0. The van der Waals surface area contributed by atoms with Gasteiger partial charge in [0.25, 0.3) is 0 Å². The van der Waals surface area contributed by atoms with Crippen LogP contribution in [0.3, 0.4) is 0 Å². The number of benzene rings is 2. The van der Waals surface area contributed by atoms with Gasteiger partial charge in [0.15, 0.2) is 0 Å². The maximum atomic E-state index is 8.79. The van der Waals surface area contributed by atoms with Gasteiger partial charge in [-0.15, -0.1) is 0 Å². The summed E-state index contributed by atoms with van der Waals surface area (Å²) in [6.07, 6.45) is 0. The number of nitriles is 1. The number of nitrogens with zero attached hydrogens (tertiary/aromatic N) is 1. The molecule has 2 rings (SSSR count). The van der Waals surface area contributed by atoms with Crippen LogP contribution in [0.25, 0.3) is 0 Å². The van der Waals surface area contributed by atoms with Crippen molar-refractivity contribution in [2.24, 2.45) is 0 Å². The summed E-state index contributed by atoms with van der Waals surface area (Å²) >= 11 is 9.39. The van der Waals surface area contributed by atoms with Crippen molar-refractivity contribution in [2.45, 2.75) is 6.92 Å². The first kappa shape index (κ1) is 12.9. The van der Waals surface area contributed by atoms with Crippen LogP contribution < -0.4 is 4.74 Å². The molecule has 2 aromatic rings. The minimum atomic E-state index is 0.387. The van der Waals surface area contributed by atoms with E-state index in [2.05, 4.69) is 15.9 Å². The molecule has 18 heavy (non-hydrogen) atoms. The lowest BCUT2D eigenvalue weighted by molar-refractivity contribution is 0.479. The van der Waals surface area contributed by atoms with Gasteiger partial charge in [0.05, 0.1) is 15.1 Å². The Balaban J connectivity index is 2.29. The topological polar surface area (TPSA) is 33.0 Å². The molecule has 0 saturated carbocycles. The van der Waals surface area contributed by atoms with Crippen LogP contribution in [0.4, 0.5) is 0 Å². The predicted octanol–water partition coefficient (Wildman–Crippen LogP) is 5.07. The first-order valence-corrected chi connectivity index (χ1v) is 6.41. The highest BCUT2D eigenvalue weighted by Gasteiger charge is 2.05. The first-order chi connectivity index (χ1) is 8.60. The number of ether oxygens (including phenoxy) is 1. The first-order valence-electron chi connectivity index (χ1n) is 5.24. The fourth-order valence-corrected chi connectivity index (χ4v) is 2.25. The van der Waals surface area contributed by atoms with Crippen molar-refractivity contribution in [2.75, 3.05) is 0 Å². The Morgan fingerprint density at radius 1 is 1.22 bits per heavy atom. The number of hydrogen-bond donors (Lipinski definition) is 0. The van der Waals surface area contributed by atoms with E-state index in [9.17, 15) is 0 Å². The summed E-state index contributed by atoms with van der Waals surface area (Å²) in [6, 6.07) is 12.8. The third-order valence-corrected chi connectivity index (χ3v) is 3.31. The molecule has 0 atom stereocenters. The van der Waals surface area contributed by atoms with Gasteiger partial charge in [-0.3, -0.25) is 0 Å². The number of rotatable bonds is 2. The van der Waals surface area contributed by atoms with Crippen molar-refractivity contribution in [1.82, 2.24) is 0 Å². The van der Waals surface area contributed by atoms with Crippen molar-refractivity contribution >= 4 is 27.5 Å². The molecule has 0 fully saturated rings. The molecule has 2 nitrogen and oxygen atoms in total. The highest BCUT2D eigenvalue weighted by atomic mass is 79.9. The zero-order valence-corrected chi connectivity index (χ0v) is 11.9. The summed E-state index contributed by atoms with van der Waals surface area (Å²) in [4.78, 5) is 0. The molecule has 2 aromatic carbocycles. The van der Waals surface area contributed by atoms with Gasteiger partial charge in [0.1, 0.15) is 17.6 Å². The fourth-order valence-electron chi connectivity index (χ4n) is 1.47. The number of aryl methyl sites for hydroxylation is 1. The summed E-state index contributed by atoms with van der Waals surface area (Å²) in [5.41, 5.74) is 1.58. The molecule has 0 heterocycles. The van der Waals surface area contributed by atoms with Gasteiger partial charge in [0, 0.05) is 6.07 Å². The smallest absolute Gasteiger partial charge is 0.141 e. The van der Waals surface area contributed by atoms with Crippen molar-refractivity contribution in [3.05, 3.63) is 57.0 Å². The van der Waals surface area contributed by atoms with E-state index < -0.39 is 0 Å². The van der Waals surface area contributed by atoms with Gasteiger partial charge in [-0.2, -0.15) is 5.26 Å². The Morgan fingerprint density at radius 2 is 2.00 bits per heavy atom. The third kappa shape index (κ3) is 2.84. The normalized spacial score (nSPS) is 9.89. The molecule has 0 unspecified atom stereocenters. The molecule has 0 saturated heterocycles. The summed E-state index contributed by atoms with van der Waals surface area (Å²) in [5, 5.41) is 9.18. The average molecular weight is 323 g/mol. The molecule has 0 aliphatic heterocycles. The average Bonchev–Trinajstić information content (AvgIpc) is 2.33. The Bertz CT molecular complexity index is 634. The van der Waals surface area contributed by atoms with Crippen LogP contribution in [0.5, 0.6) is 11.5 Å². The Hall–Kier alpha value is -1.50. The highest BCUT2D eigenvalue weighted by Crippen LogP contribution is 2.32. The van der Waals surface area contributed by atoms with Gasteiger partial charge in [-0.25, -0.2) is 0 Å². The van der Waals surface area contributed by atoms with Crippen molar-refractivity contribution in [3.8, 4) is 17.6 Å². The maximum absolute atomic E-state index is 8.79. The maximum Gasteiger partial charge on any atom is 0.141 e. The van der Waals surface area contributed by atoms with E-state index in [4.69, 9.17) is 21.6 Å². The number of halogens is 2. The van der Waals surface area contributed by atoms with E-state index >= 15 is 0 Å². The molecule has 0 aliphatic carbocycles. The fraction of sp³-hybridized carbons (Fsp3) is 0.0714. The molecule has 4 heteroatoms. The molecule has 0 aromatic heterocycles. The molecule has 0 spiro atoms. The second-order valence-electron chi connectivity index (χ2n) is 3.79. The Morgan fingerprint density at radius 3 is 2.61 bits per heavy atom. The van der Waals surface area contributed by atoms with Crippen LogP contribution in [-0.4, -0.2) is 0 Å². The zero-order valence-electron chi connectivity index (χ0n) is 9.58. The molecule has 0 N–H and O–H groups in total. The van der Waals surface area contributed by atoms with Gasteiger partial charge < -0.3 is 4.74 Å². The van der Waals surface area contributed by atoms with E-state index in [0.29, 0.717) is 22.1 Å². The molecular weight excluding hydrogens is 314 g/mol. The van der Waals surface area contributed by atoms with E-state index in [1.165, 1.54) is 0 Å². The van der Waals surface area contributed by atoms with Crippen LogP contribution in [0, 0.1) is 18.3 Å². The molecule has 0 radical (unpaired) electrons. The molecule has 90 valence electrons. The molecular formula is C14H9BrClNO. The highest BCUT2D eigenvalue weighted by molar-refractivity contribution is 9.10. The minimum absolute atomic E-state index is 0.387. The van der Waals surface area contributed by atoms with Crippen molar-refractivity contribution < 1.29 is 4.74 Å². The summed E-state index contributed by atoms with van der Waals surface area (Å²) in [6.45, 7) is 2.01. The Kier molecular flexibility index (Phi) is 3.90. The Labute approximate surface area is 119 Å². The van der Waals surface area contributed by atoms with Crippen LogP contribution in [-0.2, 0) is 0 Å². The van der Waals surface area contributed by atoms with Gasteiger partial charge in [-0.1, -0.05) is 17.7 Å². The van der Waals surface area contributed by atoms with E-state index in [-0.39, 0.29) is 0 Å². The minimum Gasteiger partial charge on any atom is -0.456 e. The lowest BCUT2D eigenvalue weighted by Crippen LogP contribution is -1.87. The standard InChI is InChI=1S/C14H9BrClNO/c1-9-2-5-14(12(15)6-9)18-11-4-3-10(8-17)13(16)7-11/h2-7H,1H3. The predicted molar refractivity (Wildman–Crippen MR) is 75.1 cm³/mol. The van der Waals surface area contributed by atoms with Crippen molar-refractivity contribution in [1.29, 1.82) is 5.26 Å². The molecule has 0 aliphatic rings. The second kappa shape index (κ2) is 5.43. The van der Waals surface area contributed by atoms with Gasteiger partial charge in [-0.05, 0) is 52.7 Å². The third-order valence-electron chi connectivity index (χ3n) is 2.38. The van der Waals surface area contributed by atoms with Gasteiger partial charge in [0.2, 0.25) is 0 Å². The lowest BCUT2D eigenvalue weighted by atomic mass is 10.2. The molecule has 0 bridgehead atoms. The zero-order chi connectivity index (χ0) is 13.1. The van der Waals surface area contributed by atoms with Crippen LogP contribution in [0.1, 0.15) is 11.1 Å². The van der Waals surface area contributed by atoms with E-state index in [1.807, 2.05) is 31.2 Å². The summed E-state index contributed by atoms with van der Waals surface area (Å²) in [5.74, 6) is 1.31. The lowest BCUT2D eigenvalue weighted by Gasteiger charge is -2.09. The molecule has 0 amide bonds. The largest absolute Gasteiger partial charge is 0.456 e. The summed E-state index contributed by atoms with van der Waals surface area (Å²) < 4.78 is 6.58. The van der Waals surface area contributed by atoms with Crippen LogP contribution >= 0.6 is 27.5 Å². The van der Waals surface area contributed by atoms with Crippen LogP contribution in [0.2, 0.25) is 5.02 Å². The second-order valence-corrected chi connectivity index (χ2v) is 5.05. The SMILES string of the molecule is Cc1ccc(Oc2ccc(C#N)c(Cl)c2)c(Br)c1. The quantitative estimate of drug-likeness (QED) is 0.773. The van der Waals surface area contributed by atoms with Gasteiger partial charge >= 0.3 is 0 Å². The van der Waals surface area contributed by atoms with Crippen molar-refractivity contribution in [3.63, 3.8) is 0 Å². The number of hydrogen-bond acceptors (Lipinski definition) is 2. The van der Waals surface area contributed by atoms with E-state index in [0.717, 1.165) is 10.0 Å². The van der Waals surface area contributed by atoms with E-state index in [1.54, 1.807) is 18.2 Å². The van der Waals surface area contributed by atoms with Crippen LogP contribution in [0.15, 0.2) is 40.9 Å².